The van der Waals surface area contributed by atoms with E-state index < -0.39 is 0 Å². The topological polar surface area (TPSA) is 90.5 Å². The fourth-order valence-electron chi connectivity index (χ4n) is 3.79. The fourth-order valence-corrected chi connectivity index (χ4v) is 4.56. The molecule has 0 radical (unpaired) electrons. The van der Waals surface area contributed by atoms with Gasteiger partial charge >= 0.3 is 0 Å². The zero-order valence-electron chi connectivity index (χ0n) is 19.5. The van der Waals surface area contributed by atoms with Crippen LogP contribution in [0.3, 0.4) is 0 Å². The van der Waals surface area contributed by atoms with Crippen LogP contribution in [0.15, 0.2) is 58.5 Å². The molecule has 0 saturated carbocycles. The lowest BCUT2D eigenvalue weighted by Gasteiger charge is -2.11. The molecule has 178 valence electrons. The Kier molecular flexibility index (Phi) is 7.84. The molecule has 0 atom stereocenters. The standard InChI is InChI=1S/C25H29N5O3S/c1-3-4-7-14-29-23(32)20-11-5-6-12-21(20)30-24(29)27-28-25(30)34-17-22(31)26-13-15-33-19-10-8-9-18(2)16-19/h5-6,8-12,16H,3-4,7,13-15,17H2,1-2H3,(H,26,31). The number of nitrogens with one attached hydrogen (secondary N) is 1. The van der Waals surface area contributed by atoms with Crippen molar-refractivity contribution in [2.24, 2.45) is 0 Å². The minimum atomic E-state index is -0.116. The molecule has 9 heteroatoms. The van der Waals surface area contributed by atoms with E-state index in [2.05, 4.69) is 22.4 Å². The molecule has 34 heavy (non-hydrogen) atoms. The van der Waals surface area contributed by atoms with Gasteiger partial charge in [-0.15, -0.1) is 10.2 Å². The lowest BCUT2D eigenvalue weighted by molar-refractivity contribution is -0.118. The van der Waals surface area contributed by atoms with Crippen LogP contribution in [-0.4, -0.2) is 44.0 Å². The van der Waals surface area contributed by atoms with Gasteiger partial charge in [0.05, 0.1) is 23.2 Å². The summed E-state index contributed by atoms with van der Waals surface area (Å²) < 4.78 is 9.25. The van der Waals surface area contributed by atoms with Crippen molar-refractivity contribution >= 4 is 34.3 Å². The van der Waals surface area contributed by atoms with Crippen LogP contribution in [0.2, 0.25) is 0 Å². The maximum atomic E-state index is 13.1. The maximum absolute atomic E-state index is 13.1. The highest BCUT2D eigenvalue weighted by Gasteiger charge is 2.17. The summed E-state index contributed by atoms with van der Waals surface area (Å²) in [6.07, 6.45) is 3.00. The first kappa shape index (κ1) is 23.8. The molecule has 0 aliphatic rings. The number of aromatic nitrogens is 4. The molecule has 0 fully saturated rings. The summed E-state index contributed by atoms with van der Waals surface area (Å²) in [4.78, 5) is 25.5. The number of carbonyl (C=O) groups excluding carboxylic acids is 1. The molecule has 0 aliphatic carbocycles. The van der Waals surface area contributed by atoms with Crippen molar-refractivity contribution in [1.29, 1.82) is 0 Å². The Labute approximate surface area is 202 Å². The Morgan fingerprint density at radius 1 is 1.12 bits per heavy atom. The molecular weight excluding hydrogens is 450 g/mol. The Morgan fingerprint density at radius 2 is 1.97 bits per heavy atom. The van der Waals surface area contributed by atoms with Crippen molar-refractivity contribution in [3.63, 3.8) is 0 Å². The SMILES string of the molecule is CCCCCn1c(=O)c2ccccc2n2c(SCC(=O)NCCOc3cccc(C)c3)nnc12. The van der Waals surface area contributed by atoms with Crippen LogP contribution in [0.25, 0.3) is 16.7 Å². The van der Waals surface area contributed by atoms with Gasteiger partial charge in [0.25, 0.3) is 5.56 Å². The van der Waals surface area contributed by atoms with Gasteiger partial charge in [-0.25, -0.2) is 0 Å². The number of fused-ring (bicyclic) bond motifs is 3. The van der Waals surface area contributed by atoms with Gasteiger partial charge in [0, 0.05) is 6.54 Å². The van der Waals surface area contributed by atoms with E-state index in [1.54, 1.807) is 4.57 Å². The van der Waals surface area contributed by atoms with Crippen molar-refractivity contribution < 1.29 is 9.53 Å². The predicted molar refractivity (Wildman–Crippen MR) is 135 cm³/mol. The Morgan fingerprint density at radius 3 is 2.79 bits per heavy atom. The molecule has 0 aliphatic heterocycles. The summed E-state index contributed by atoms with van der Waals surface area (Å²) in [5.41, 5.74) is 1.81. The normalized spacial score (nSPS) is 11.2. The average Bonchev–Trinajstić information content (AvgIpc) is 3.27. The van der Waals surface area contributed by atoms with Crippen molar-refractivity contribution in [3.8, 4) is 5.75 Å². The lowest BCUT2D eigenvalue weighted by Crippen LogP contribution is -2.29. The van der Waals surface area contributed by atoms with Crippen LogP contribution in [0.5, 0.6) is 5.75 Å². The zero-order chi connectivity index (χ0) is 23.9. The first-order valence-electron chi connectivity index (χ1n) is 11.5. The zero-order valence-corrected chi connectivity index (χ0v) is 20.3. The molecule has 1 N–H and O–H groups in total. The number of thioether (sulfide) groups is 1. The largest absolute Gasteiger partial charge is 0.492 e. The first-order valence-corrected chi connectivity index (χ1v) is 12.5. The minimum absolute atomic E-state index is 0.0606. The summed E-state index contributed by atoms with van der Waals surface area (Å²) in [6, 6.07) is 15.3. The van der Waals surface area contributed by atoms with Gasteiger partial charge in [0.15, 0.2) is 5.16 Å². The second-order valence-electron chi connectivity index (χ2n) is 8.10. The maximum Gasteiger partial charge on any atom is 0.262 e. The highest BCUT2D eigenvalue weighted by atomic mass is 32.2. The van der Waals surface area contributed by atoms with E-state index in [-0.39, 0.29) is 17.2 Å². The van der Waals surface area contributed by atoms with Gasteiger partial charge in [-0.2, -0.15) is 0 Å². The van der Waals surface area contributed by atoms with Crippen molar-refractivity contribution in [1.82, 2.24) is 24.5 Å². The first-order chi connectivity index (χ1) is 16.6. The lowest BCUT2D eigenvalue weighted by atomic mass is 10.2. The van der Waals surface area contributed by atoms with Crippen LogP contribution >= 0.6 is 11.8 Å². The molecule has 2 heterocycles. The molecule has 1 amide bonds. The number of hydrogen-bond donors (Lipinski definition) is 1. The Balaban J connectivity index is 1.44. The number of hydrogen-bond acceptors (Lipinski definition) is 6. The minimum Gasteiger partial charge on any atom is -0.492 e. The van der Waals surface area contributed by atoms with Crippen molar-refractivity contribution in [2.45, 2.75) is 44.8 Å². The summed E-state index contributed by atoms with van der Waals surface area (Å²) in [7, 11) is 0. The Bertz CT molecular complexity index is 1350. The highest BCUT2D eigenvalue weighted by molar-refractivity contribution is 7.99. The van der Waals surface area contributed by atoms with E-state index in [0.29, 0.717) is 36.0 Å². The number of ether oxygens (including phenoxy) is 1. The van der Waals surface area contributed by atoms with Gasteiger partial charge in [-0.3, -0.25) is 18.6 Å². The molecule has 2 aromatic heterocycles. The summed E-state index contributed by atoms with van der Waals surface area (Å²) in [5, 5.41) is 12.7. The number of benzene rings is 2. The van der Waals surface area contributed by atoms with E-state index in [9.17, 15) is 9.59 Å². The molecule has 8 nitrogen and oxygen atoms in total. The number of rotatable bonds is 11. The third kappa shape index (κ3) is 5.41. The van der Waals surface area contributed by atoms with Crippen LogP contribution in [0.4, 0.5) is 0 Å². The van der Waals surface area contributed by atoms with Crippen LogP contribution in [0.1, 0.15) is 31.7 Å². The van der Waals surface area contributed by atoms with E-state index >= 15 is 0 Å². The van der Waals surface area contributed by atoms with E-state index in [0.717, 1.165) is 36.1 Å². The smallest absolute Gasteiger partial charge is 0.262 e. The van der Waals surface area contributed by atoms with E-state index in [4.69, 9.17) is 4.74 Å². The Hall–Kier alpha value is -3.33. The molecule has 4 rings (SSSR count). The van der Waals surface area contributed by atoms with Gasteiger partial charge in [0.1, 0.15) is 12.4 Å². The molecule has 0 unspecified atom stereocenters. The molecule has 0 bridgehead atoms. The number of aryl methyl sites for hydroxylation is 2. The van der Waals surface area contributed by atoms with Crippen LogP contribution in [0, 0.1) is 6.92 Å². The van der Waals surface area contributed by atoms with E-state index in [1.807, 2.05) is 59.9 Å². The second-order valence-corrected chi connectivity index (χ2v) is 9.05. The molecule has 0 spiro atoms. The van der Waals surface area contributed by atoms with Crippen LogP contribution < -0.4 is 15.6 Å². The van der Waals surface area contributed by atoms with E-state index in [1.165, 1.54) is 11.8 Å². The second kappa shape index (κ2) is 11.2. The quantitative estimate of drug-likeness (QED) is 0.260. The predicted octanol–water partition coefficient (Wildman–Crippen LogP) is 3.83. The monoisotopic (exact) mass is 479 g/mol. The average molecular weight is 480 g/mol. The van der Waals surface area contributed by atoms with Gasteiger partial charge < -0.3 is 10.1 Å². The third-order valence-corrected chi connectivity index (χ3v) is 6.41. The summed E-state index contributed by atoms with van der Waals surface area (Å²) in [5.74, 6) is 1.37. The molecule has 2 aromatic carbocycles. The van der Waals surface area contributed by atoms with Gasteiger partial charge in [0.2, 0.25) is 11.7 Å². The summed E-state index contributed by atoms with van der Waals surface area (Å²) >= 11 is 1.30. The van der Waals surface area contributed by atoms with Gasteiger partial charge in [-0.1, -0.05) is 55.8 Å². The molecule has 0 saturated heterocycles. The number of para-hydroxylation sites is 1. The van der Waals surface area contributed by atoms with Crippen molar-refractivity contribution in [3.05, 3.63) is 64.4 Å². The highest BCUT2D eigenvalue weighted by Crippen LogP contribution is 2.21. The number of carbonyl (C=O) groups is 1. The van der Waals surface area contributed by atoms with Crippen molar-refractivity contribution in [2.75, 3.05) is 18.9 Å². The number of nitrogens with zero attached hydrogens (tertiary/aromatic N) is 4. The number of unbranched alkanes of at least 4 members (excludes halogenated alkanes) is 2. The fraction of sp³-hybridized carbons (Fsp3) is 0.360. The van der Waals surface area contributed by atoms with Crippen LogP contribution in [-0.2, 0) is 11.3 Å². The molecular formula is C25H29N5O3S. The third-order valence-electron chi connectivity index (χ3n) is 5.48. The molecule has 4 aromatic rings. The summed E-state index contributed by atoms with van der Waals surface area (Å²) in [6.45, 7) is 5.53. The van der Waals surface area contributed by atoms with Gasteiger partial charge in [-0.05, 0) is 43.2 Å². The number of amides is 1.